The van der Waals surface area contributed by atoms with Gasteiger partial charge in [-0.2, -0.15) is 5.10 Å². The van der Waals surface area contributed by atoms with Gasteiger partial charge in [-0.15, -0.1) is 0 Å². The van der Waals surface area contributed by atoms with Gasteiger partial charge in [-0.25, -0.2) is 4.68 Å². The standard InChI is InChI=1S/C23H32N4O2/c1-17-5-6-18(2)19(12-17)15-25-9-3-4-20(16-25)27-23(29)13-21(14-24-27)26-10-7-22(28)8-11-26/h5-6,12-14,20,22,28H,3-4,7-11,15-16H2,1-2H3/t20-/m0/s1. The Kier molecular flexibility index (Phi) is 6.01. The van der Waals surface area contributed by atoms with Crippen LogP contribution < -0.4 is 10.5 Å². The van der Waals surface area contributed by atoms with Gasteiger partial charge in [-0.1, -0.05) is 23.8 Å². The molecule has 2 aliphatic rings. The van der Waals surface area contributed by atoms with Crippen LogP contribution in [0.3, 0.4) is 0 Å². The van der Waals surface area contributed by atoms with Gasteiger partial charge < -0.3 is 10.0 Å². The first-order chi connectivity index (χ1) is 14.0. The Morgan fingerprint density at radius 1 is 1.10 bits per heavy atom. The van der Waals surface area contributed by atoms with E-state index in [0.29, 0.717) is 0 Å². The molecule has 1 N–H and O–H groups in total. The minimum atomic E-state index is -0.218. The molecule has 4 rings (SSSR count). The van der Waals surface area contributed by atoms with E-state index in [2.05, 4.69) is 46.9 Å². The van der Waals surface area contributed by atoms with Crippen molar-refractivity contribution in [1.82, 2.24) is 14.7 Å². The van der Waals surface area contributed by atoms with E-state index in [1.165, 1.54) is 16.7 Å². The Morgan fingerprint density at radius 3 is 2.66 bits per heavy atom. The van der Waals surface area contributed by atoms with E-state index in [0.717, 1.165) is 64.1 Å². The van der Waals surface area contributed by atoms with E-state index in [9.17, 15) is 9.90 Å². The predicted octanol–water partition coefficient (Wildman–Crippen LogP) is 2.66. The molecule has 156 valence electrons. The van der Waals surface area contributed by atoms with Crippen LogP contribution in [0.15, 0.2) is 35.3 Å². The molecular weight excluding hydrogens is 364 g/mol. The highest BCUT2D eigenvalue weighted by Crippen LogP contribution is 2.23. The number of anilines is 1. The normalized spacial score (nSPS) is 21.5. The molecule has 6 nitrogen and oxygen atoms in total. The van der Waals surface area contributed by atoms with Crippen LogP contribution in [0.1, 0.15) is 48.4 Å². The molecule has 2 fully saturated rings. The third-order valence-corrected chi connectivity index (χ3v) is 6.37. The van der Waals surface area contributed by atoms with Gasteiger partial charge in [0, 0.05) is 32.2 Å². The molecule has 1 aromatic carbocycles. The van der Waals surface area contributed by atoms with Crippen molar-refractivity contribution in [1.29, 1.82) is 0 Å². The highest BCUT2D eigenvalue weighted by atomic mass is 16.3. The molecule has 29 heavy (non-hydrogen) atoms. The Morgan fingerprint density at radius 2 is 1.90 bits per heavy atom. The lowest BCUT2D eigenvalue weighted by Gasteiger charge is -2.34. The highest BCUT2D eigenvalue weighted by molar-refractivity contribution is 5.43. The quantitative estimate of drug-likeness (QED) is 0.861. The van der Waals surface area contributed by atoms with Crippen LogP contribution in [0.4, 0.5) is 5.69 Å². The first-order valence-corrected chi connectivity index (χ1v) is 10.8. The van der Waals surface area contributed by atoms with E-state index in [1.54, 1.807) is 10.7 Å². The number of aliphatic hydroxyl groups is 1. The average Bonchev–Trinajstić information content (AvgIpc) is 2.71. The van der Waals surface area contributed by atoms with Gasteiger partial charge in [-0.3, -0.25) is 9.69 Å². The first-order valence-electron chi connectivity index (χ1n) is 10.8. The fraction of sp³-hybridized carbons (Fsp3) is 0.565. The summed E-state index contributed by atoms with van der Waals surface area (Å²) >= 11 is 0. The van der Waals surface area contributed by atoms with Crippen molar-refractivity contribution in [3.8, 4) is 0 Å². The Labute approximate surface area is 172 Å². The number of aromatic nitrogens is 2. The predicted molar refractivity (Wildman–Crippen MR) is 115 cm³/mol. The molecule has 0 aliphatic carbocycles. The van der Waals surface area contributed by atoms with Crippen LogP contribution in [-0.2, 0) is 6.54 Å². The van der Waals surface area contributed by atoms with Gasteiger partial charge >= 0.3 is 0 Å². The number of aryl methyl sites for hydroxylation is 2. The number of likely N-dealkylation sites (tertiary alicyclic amines) is 1. The second-order valence-corrected chi connectivity index (χ2v) is 8.68. The Balaban J connectivity index is 1.45. The lowest BCUT2D eigenvalue weighted by Crippen LogP contribution is -2.41. The second kappa shape index (κ2) is 8.67. The minimum Gasteiger partial charge on any atom is -0.393 e. The summed E-state index contributed by atoms with van der Waals surface area (Å²) in [5, 5.41) is 14.2. The Hall–Kier alpha value is -2.18. The lowest BCUT2D eigenvalue weighted by molar-refractivity contribution is 0.145. The van der Waals surface area contributed by atoms with Crippen molar-refractivity contribution in [2.45, 2.75) is 58.2 Å². The zero-order valence-electron chi connectivity index (χ0n) is 17.5. The maximum atomic E-state index is 12.8. The maximum absolute atomic E-state index is 12.8. The minimum absolute atomic E-state index is 0.0211. The first kappa shape index (κ1) is 20.1. The van der Waals surface area contributed by atoms with Gasteiger partial charge in [0.1, 0.15) is 0 Å². The summed E-state index contributed by atoms with van der Waals surface area (Å²) in [6.07, 6.45) is 5.17. The Bertz CT molecular complexity index is 902. The van der Waals surface area contributed by atoms with Gasteiger partial charge in [-0.05, 0) is 57.2 Å². The molecule has 0 unspecified atom stereocenters. The van der Waals surface area contributed by atoms with Crippen LogP contribution in [0.2, 0.25) is 0 Å². The van der Waals surface area contributed by atoms with Gasteiger partial charge in [0.05, 0.1) is 24.0 Å². The largest absolute Gasteiger partial charge is 0.393 e. The molecular formula is C23H32N4O2. The van der Waals surface area contributed by atoms with Crippen molar-refractivity contribution >= 4 is 5.69 Å². The summed E-state index contributed by atoms with van der Waals surface area (Å²) in [7, 11) is 0. The molecule has 0 saturated carbocycles. The van der Waals surface area contributed by atoms with Gasteiger partial charge in [0.15, 0.2) is 0 Å². The number of rotatable bonds is 4. The van der Waals surface area contributed by atoms with Crippen molar-refractivity contribution in [3.05, 3.63) is 57.5 Å². The van der Waals surface area contributed by atoms with Gasteiger partial charge in [0.25, 0.3) is 5.56 Å². The summed E-state index contributed by atoms with van der Waals surface area (Å²) < 4.78 is 1.68. The van der Waals surface area contributed by atoms with E-state index in [-0.39, 0.29) is 17.7 Å². The van der Waals surface area contributed by atoms with Crippen molar-refractivity contribution < 1.29 is 5.11 Å². The molecule has 0 bridgehead atoms. The van der Waals surface area contributed by atoms with Crippen LogP contribution >= 0.6 is 0 Å². The summed E-state index contributed by atoms with van der Waals surface area (Å²) in [4.78, 5) is 17.4. The fourth-order valence-electron chi connectivity index (χ4n) is 4.57. The molecule has 2 aliphatic heterocycles. The van der Waals surface area contributed by atoms with Crippen LogP contribution in [0, 0.1) is 13.8 Å². The van der Waals surface area contributed by atoms with Crippen LogP contribution in [0.25, 0.3) is 0 Å². The SMILES string of the molecule is Cc1ccc(C)c(CN2CCC[C@H](n3ncc(N4CCC(O)CC4)cc3=O)C2)c1. The van der Waals surface area contributed by atoms with E-state index < -0.39 is 0 Å². The van der Waals surface area contributed by atoms with Crippen LogP contribution in [0.5, 0.6) is 0 Å². The zero-order chi connectivity index (χ0) is 20.4. The van der Waals surface area contributed by atoms with E-state index in [1.807, 2.05) is 6.20 Å². The summed E-state index contributed by atoms with van der Waals surface area (Å²) in [6.45, 7) is 8.70. The summed E-state index contributed by atoms with van der Waals surface area (Å²) in [5.41, 5.74) is 4.84. The van der Waals surface area contributed by atoms with Crippen LogP contribution in [-0.4, -0.2) is 52.1 Å². The molecule has 0 amide bonds. The monoisotopic (exact) mass is 396 g/mol. The van der Waals surface area contributed by atoms with E-state index in [4.69, 9.17) is 0 Å². The third-order valence-electron chi connectivity index (χ3n) is 6.37. The number of aliphatic hydroxyl groups excluding tert-OH is 1. The molecule has 0 radical (unpaired) electrons. The number of nitrogens with zero attached hydrogens (tertiary/aromatic N) is 4. The van der Waals surface area contributed by atoms with E-state index >= 15 is 0 Å². The molecule has 3 heterocycles. The van der Waals surface area contributed by atoms with Crippen molar-refractivity contribution in [2.24, 2.45) is 0 Å². The topological polar surface area (TPSA) is 61.6 Å². The number of hydrogen-bond acceptors (Lipinski definition) is 5. The highest BCUT2D eigenvalue weighted by Gasteiger charge is 2.24. The number of hydrogen-bond donors (Lipinski definition) is 1. The average molecular weight is 397 g/mol. The molecule has 1 atom stereocenters. The summed E-state index contributed by atoms with van der Waals surface area (Å²) in [6, 6.07) is 8.46. The third kappa shape index (κ3) is 4.70. The maximum Gasteiger partial charge on any atom is 0.269 e. The fourth-order valence-corrected chi connectivity index (χ4v) is 4.57. The molecule has 2 saturated heterocycles. The van der Waals surface area contributed by atoms with Crippen molar-refractivity contribution in [3.63, 3.8) is 0 Å². The second-order valence-electron chi connectivity index (χ2n) is 8.68. The molecule has 6 heteroatoms. The molecule has 1 aromatic heterocycles. The van der Waals surface area contributed by atoms with Gasteiger partial charge in [0.2, 0.25) is 0 Å². The molecule has 0 spiro atoms. The smallest absolute Gasteiger partial charge is 0.269 e. The number of piperidine rings is 2. The molecule has 2 aromatic rings. The van der Waals surface area contributed by atoms with Crippen molar-refractivity contribution in [2.75, 3.05) is 31.1 Å². The zero-order valence-corrected chi connectivity index (χ0v) is 17.5. The lowest BCUT2D eigenvalue weighted by atomic mass is 10.0. The number of benzene rings is 1. The summed E-state index contributed by atoms with van der Waals surface area (Å²) in [5.74, 6) is 0.